The van der Waals surface area contributed by atoms with Crippen molar-refractivity contribution in [2.24, 2.45) is 0 Å². The maximum absolute atomic E-state index is 2.37. The highest BCUT2D eigenvalue weighted by Gasteiger charge is 2.31. The van der Waals surface area contributed by atoms with Crippen molar-refractivity contribution in [2.45, 2.75) is 11.5 Å². The van der Waals surface area contributed by atoms with E-state index in [4.69, 9.17) is 0 Å². The Labute approximate surface area is 257 Å². The zero-order chi connectivity index (χ0) is 25.6. The fourth-order valence-electron chi connectivity index (χ4n) is 4.89. The molecule has 0 radical (unpaired) electrons. The van der Waals surface area contributed by atoms with Gasteiger partial charge in [-0.15, -0.1) is 47.0 Å². The Bertz CT molecular complexity index is 1580. The molecule has 0 fully saturated rings. The Morgan fingerprint density at radius 1 is 0.500 bits per heavy atom. The largest absolute Gasteiger partial charge is 0.121 e. The van der Waals surface area contributed by atoms with Crippen molar-refractivity contribution < 1.29 is 0 Å². The van der Waals surface area contributed by atoms with Crippen LogP contribution in [0, 0.1) is 0 Å². The lowest BCUT2D eigenvalue weighted by Crippen LogP contribution is -1.97. The highest BCUT2D eigenvalue weighted by Crippen LogP contribution is 2.66. The second kappa shape index (κ2) is 11.4. The molecule has 0 aromatic heterocycles. The van der Waals surface area contributed by atoms with Crippen molar-refractivity contribution in [3.8, 4) is 11.1 Å². The van der Waals surface area contributed by atoms with E-state index in [-0.39, 0.29) is 0 Å². The van der Waals surface area contributed by atoms with Crippen molar-refractivity contribution in [1.29, 1.82) is 0 Å². The summed E-state index contributed by atoms with van der Waals surface area (Å²) in [5.41, 5.74) is 5.69. The van der Waals surface area contributed by atoms with Crippen molar-refractivity contribution in [3.63, 3.8) is 0 Å². The quantitative estimate of drug-likeness (QED) is 0.210. The van der Waals surface area contributed by atoms with Crippen LogP contribution in [0.5, 0.6) is 0 Å². The van der Waals surface area contributed by atoms with Crippen LogP contribution in [0.3, 0.4) is 0 Å². The molecule has 0 amide bonds. The molecule has 0 N–H and O–H groups in total. The lowest BCUT2D eigenvalue weighted by atomic mass is 9.88. The third-order valence-electron chi connectivity index (χ3n) is 6.61. The molecule has 0 saturated carbocycles. The maximum Gasteiger partial charge on any atom is 0.0717 e. The Hall–Kier alpha value is -0.580. The van der Waals surface area contributed by atoms with Crippen LogP contribution in [0.1, 0.15) is 11.1 Å². The minimum absolute atomic E-state index is 0.975. The van der Waals surface area contributed by atoms with Gasteiger partial charge in [-0.05, 0) is 56.3 Å². The molecule has 0 aliphatic carbocycles. The standard InChI is InChI=1S/C30H22S8/c1-31-25-26(32-2)36-29(35-25)30-37-27-28(38-30)34-16-20-14-12-18-8-4-6-10-22(18)24(20)23-19(15-33-27)13-11-17-7-3-5-9-21(17)23/h3-14H,15-16H2,1-2H3. The van der Waals surface area contributed by atoms with E-state index in [9.17, 15) is 0 Å². The van der Waals surface area contributed by atoms with Gasteiger partial charge >= 0.3 is 0 Å². The summed E-state index contributed by atoms with van der Waals surface area (Å²) in [4.78, 5) is 0. The zero-order valence-electron chi connectivity index (χ0n) is 20.6. The first-order chi connectivity index (χ1) is 18.7. The zero-order valence-corrected chi connectivity index (χ0v) is 27.1. The Morgan fingerprint density at radius 3 is 1.42 bits per heavy atom. The van der Waals surface area contributed by atoms with Gasteiger partial charge in [-0.2, -0.15) is 0 Å². The minimum Gasteiger partial charge on any atom is -0.121 e. The highest BCUT2D eigenvalue weighted by molar-refractivity contribution is 8.44. The number of hydrogen-bond donors (Lipinski definition) is 0. The van der Waals surface area contributed by atoms with E-state index in [0.717, 1.165) is 11.5 Å². The second-order valence-corrected chi connectivity index (χ2v) is 18.0. The first-order valence-corrected chi connectivity index (χ1v) is 19.7. The van der Waals surface area contributed by atoms with Gasteiger partial charge < -0.3 is 0 Å². The fraction of sp³-hybridized carbons (Fsp3) is 0.133. The molecule has 190 valence electrons. The molecule has 0 unspecified atom stereocenters. The van der Waals surface area contributed by atoms with Gasteiger partial charge in [0.2, 0.25) is 0 Å². The Kier molecular flexibility index (Phi) is 7.87. The predicted molar refractivity (Wildman–Crippen MR) is 188 cm³/mol. The van der Waals surface area contributed by atoms with Gasteiger partial charge in [0.05, 0.1) is 25.4 Å². The van der Waals surface area contributed by atoms with Gasteiger partial charge in [-0.25, -0.2) is 0 Å². The summed E-state index contributed by atoms with van der Waals surface area (Å²) >= 11 is 15.7. The first kappa shape index (κ1) is 26.3. The summed E-state index contributed by atoms with van der Waals surface area (Å²) in [6, 6.07) is 27.2. The average Bonchev–Trinajstić information content (AvgIpc) is 3.58. The topological polar surface area (TPSA) is 0 Å². The molecule has 38 heavy (non-hydrogen) atoms. The van der Waals surface area contributed by atoms with Gasteiger partial charge in [0.25, 0.3) is 0 Å². The van der Waals surface area contributed by atoms with Gasteiger partial charge in [0.1, 0.15) is 0 Å². The van der Waals surface area contributed by atoms with E-state index in [2.05, 4.69) is 85.3 Å². The molecule has 3 heterocycles. The van der Waals surface area contributed by atoms with Crippen LogP contribution >= 0.6 is 94.1 Å². The first-order valence-electron chi connectivity index (χ1n) is 12.0. The number of benzene rings is 4. The van der Waals surface area contributed by atoms with E-state index in [1.165, 1.54) is 69.2 Å². The molecule has 0 nitrogen and oxygen atoms in total. The molecule has 7 rings (SSSR count). The van der Waals surface area contributed by atoms with Crippen molar-refractivity contribution in [1.82, 2.24) is 0 Å². The molecule has 0 saturated heterocycles. The molecule has 0 spiro atoms. The molecule has 4 aromatic carbocycles. The van der Waals surface area contributed by atoms with Crippen LogP contribution in [-0.2, 0) is 11.5 Å². The van der Waals surface area contributed by atoms with E-state index in [0.29, 0.717) is 0 Å². The highest BCUT2D eigenvalue weighted by atomic mass is 32.3. The molecule has 3 aliphatic rings. The van der Waals surface area contributed by atoms with Crippen LogP contribution in [0.4, 0.5) is 0 Å². The van der Waals surface area contributed by atoms with Crippen molar-refractivity contribution >= 4 is 116 Å². The smallest absolute Gasteiger partial charge is 0.0717 e. The molecule has 4 aromatic rings. The van der Waals surface area contributed by atoms with Gasteiger partial charge in [0.15, 0.2) is 0 Å². The van der Waals surface area contributed by atoms with Crippen LogP contribution < -0.4 is 0 Å². The van der Waals surface area contributed by atoms with E-state index in [1.54, 1.807) is 0 Å². The summed E-state index contributed by atoms with van der Waals surface area (Å²) in [5, 5.41) is 5.35. The van der Waals surface area contributed by atoms with E-state index < -0.39 is 0 Å². The summed E-state index contributed by atoms with van der Waals surface area (Å²) in [6.07, 6.45) is 4.39. The van der Waals surface area contributed by atoms with Crippen LogP contribution in [0.25, 0.3) is 32.7 Å². The third-order valence-corrected chi connectivity index (χ3v) is 18.0. The maximum atomic E-state index is 2.37. The number of hydrogen-bond acceptors (Lipinski definition) is 8. The average molecular weight is 639 g/mol. The van der Waals surface area contributed by atoms with Crippen LogP contribution in [0.15, 0.2) is 98.2 Å². The molecular formula is C30H22S8. The molecular weight excluding hydrogens is 617 g/mol. The third kappa shape index (κ3) is 4.81. The Balaban J connectivity index is 1.34. The van der Waals surface area contributed by atoms with Crippen LogP contribution in [-0.4, -0.2) is 12.5 Å². The van der Waals surface area contributed by atoms with E-state index in [1.807, 2.05) is 94.1 Å². The van der Waals surface area contributed by atoms with Crippen molar-refractivity contribution in [2.75, 3.05) is 12.5 Å². The lowest BCUT2D eigenvalue weighted by molar-refractivity contribution is 1.39. The van der Waals surface area contributed by atoms with Gasteiger partial charge in [-0.3, -0.25) is 0 Å². The molecule has 3 aliphatic heterocycles. The minimum atomic E-state index is 0.975. The Morgan fingerprint density at radius 2 is 0.947 bits per heavy atom. The summed E-state index contributed by atoms with van der Waals surface area (Å²) in [5.74, 6) is 1.95. The SMILES string of the molecule is CSC1=C(SC)SC(=C2SC3=C(SCc4ccc5ccccc5c4-c4c(ccc5ccccc45)CS3)S2)S1. The lowest BCUT2D eigenvalue weighted by Gasteiger charge is -2.20. The van der Waals surface area contributed by atoms with E-state index >= 15 is 0 Å². The molecule has 0 bridgehead atoms. The predicted octanol–water partition coefficient (Wildman–Crippen LogP) is 12.2. The number of rotatable bonds is 2. The fourth-order valence-corrected chi connectivity index (χ4v) is 16.0. The summed E-state index contributed by atoms with van der Waals surface area (Å²) in [7, 11) is 0. The van der Waals surface area contributed by atoms with Crippen molar-refractivity contribution in [3.05, 3.63) is 109 Å². The molecule has 8 heteroatoms. The second-order valence-electron chi connectivity index (χ2n) is 8.76. The summed E-state index contributed by atoms with van der Waals surface area (Å²) in [6.45, 7) is 0. The van der Waals surface area contributed by atoms with Crippen LogP contribution in [0.2, 0.25) is 0 Å². The van der Waals surface area contributed by atoms with Gasteiger partial charge in [0, 0.05) is 11.5 Å². The number of fused-ring (bicyclic) bond motifs is 7. The molecule has 0 atom stereocenters. The number of thioether (sulfide) groups is 8. The monoisotopic (exact) mass is 638 g/mol. The summed E-state index contributed by atoms with van der Waals surface area (Å²) < 4.78 is 8.74. The van der Waals surface area contributed by atoms with Gasteiger partial charge in [-0.1, -0.05) is 120 Å². The normalized spacial score (nSPS) is 17.8.